The minimum atomic E-state index is -3.34. The van der Waals surface area contributed by atoms with Gasteiger partial charge < -0.3 is 9.32 Å². The third-order valence-electron chi connectivity index (χ3n) is 4.65. The van der Waals surface area contributed by atoms with Crippen LogP contribution >= 0.6 is 11.3 Å². The van der Waals surface area contributed by atoms with Gasteiger partial charge in [0.05, 0.1) is 33.6 Å². The summed E-state index contributed by atoms with van der Waals surface area (Å²) in [6.07, 6.45) is 3.17. The van der Waals surface area contributed by atoms with Crippen molar-refractivity contribution < 1.29 is 12.8 Å². The third-order valence-corrected chi connectivity index (χ3v) is 7.37. The molecule has 0 unspecified atom stereocenters. The van der Waals surface area contributed by atoms with Crippen LogP contribution in [0.25, 0.3) is 33.6 Å². The Morgan fingerprint density at radius 3 is 2.39 bits per heavy atom. The highest BCUT2D eigenvalue weighted by Gasteiger charge is 2.17. The van der Waals surface area contributed by atoms with Gasteiger partial charge in [-0.15, -0.1) is 21.5 Å². The monoisotopic (exact) mass is 455 g/mol. The molecule has 1 aromatic carbocycles. The molecular weight excluding hydrogens is 434 g/mol. The van der Waals surface area contributed by atoms with Crippen molar-refractivity contribution in [2.24, 2.45) is 0 Å². The zero-order valence-electron chi connectivity index (χ0n) is 17.3. The highest BCUT2D eigenvalue weighted by molar-refractivity contribution is 7.91. The SMILES string of the molecule is Cc1ccsc1-c1nnc(-c2cncc(-c3ccc(S(=O)(=O)CCN(C)C)cc3)n2)o1. The van der Waals surface area contributed by atoms with Gasteiger partial charge in [-0.1, -0.05) is 12.1 Å². The fraction of sp³-hybridized carbons (Fsp3) is 0.238. The van der Waals surface area contributed by atoms with Crippen LogP contribution in [-0.2, 0) is 9.84 Å². The second-order valence-electron chi connectivity index (χ2n) is 7.28. The molecule has 0 aliphatic rings. The summed E-state index contributed by atoms with van der Waals surface area (Å²) in [6.45, 7) is 2.45. The van der Waals surface area contributed by atoms with Gasteiger partial charge >= 0.3 is 0 Å². The summed E-state index contributed by atoms with van der Waals surface area (Å²) in [5.41, 5.74) is 2.85. The Morgan fingerprint density at radius 2 is 1.71 bits per heavy atom. The van der Waals surface area contributed by atoms with E-state index in [4.69, 9.17) is 4.42 Å². The quantitative estimate of drug-likeness (QED) is 0.417. The number of hydrogen-bond acceptors (Lipinski definition) is 9. The normalized spacial score (nSPS) is 11.9. The summed E-state index contributed by atoms with van der Waals surface area (Å²) >= 11 is 1.54. The smallest absolute Gasteiger partial charge is 0.268 e. The average Bonchev–Trinajstić information content (AvgIpc) is 3.41. The first-order valence-corrected chi connectivity index (χ1v) is 12.0. The maximum atomic E-state index is 12.5. The van der Waals surface area contributed by atoms with E-state index in [2.05, 4.69) is 20.2 Å². The van der Waals surface area contributed by atoms with Crippen LogP contribution in [0.2, 0.25) is 0 Å². The minimum absolute atomic E-state index is 0.0673. The van der Waals surface area contributed by atoms with Crippen LogP contribution in [0.5, 0.6) is 0 Å². The van der Waals surface area contributed by atoms with Gasteiger partial charge in [-0.2, -0.15) is 0 Å². The van der Waals surface area contributed by atoms with Crippen molar-refractivity contribution in [1.82, 2.24) is 25.1 Å². The molecule has 0 saturated heterocycles. The van der Waals surface area contributed by atoms with Gasteiger partial charge in [0.25, 0.3) is 11.8 Å². The molecular formula is C21H21N5O3S2. The van der Waals surface area contributed by atoms with Crippen molar-refractivity contribution in [3.05, 3.63) is 53.7 Å². The molecule has 31 heavy (non-hydrogen) atoms. The van der Waals surface area contributed by atoms with E-state index in [-0.39, 0.29) is 16.5 Å². The molecule has 0 spiro atoms. The zero-order chi connectivity index (χ0) is 22.0. The van der Waals surface area contributed by atoms with Gasteiger partial charge in [0.2, 0.25) is 0 Å². The Morgan fingerprint density at radius 1 is 1.00 bits per heavy atom. The van der Waals surface area contributed by atoms with Gasteiger partial charge in [0, 0.05) is 12.1 Å². The van der Waals surface area contributed by atoms with Crippen molar-refractivity contribution in [3.8, 4) is 33.6 Å². The van der Waals surface area contributed by atoms with Crippen LogP contribution in [0.3, 0.4) is 0 Å². The molecule has 0 saturated carbocycles. The van der Waals surface area contributed by atoms with Crippen LogP contribution in [-0.4, -0.2) is 59.9 Å². The molecule has 0 fully saturated rings. The van der Waals surface area contributed by atoms with E-state index in [1.54, 1.807) is 36.7 Å². The van der Waals surface area contributed by atoms with E-state index in [1.807, 2.05) is 37.4 Å². The van der Waals surface area contributed by atoms with Gasteiger partial charge in [0.1, 0.15) is 5.69 Å². The van der Waals surface area contributed by atoms with E-state index in [1.165, 1.54) is 11.3 Å². The summed E-state index contributed by atoms with van der Waals surface area (Å²) in [4.78, 5) is 11.9. The molecule has 3 aromatic heterocycles. The summed E-state index contributed by atoms with van der Waals surface area (Å²) in [7, 11) is 0.353. The van der Waals surface area contributed by atoms with E-state index < -0.39 is 9.84 Å². The molecule has 0 amide bonds. The largest absolute Gasteiger partial charge is 0.414 e. The Balaban J connectivity index is 1.58. The first-order chi connectivity index (χ1) is 14.8. The lowest BCUT2D eigenvalue weighted by molar-refractivity contribution is 0.432. The standard InChI is InChI=1S/C21H21N5O3S2/c1-14-8-10-30-19(14)21-25-24-20(29-21)18-13-22-12-17(23-18)15-4-6-16(7-5-15)31(27,28)11-9-26(2)3/h4-8,10,12-13H,9,11H2,1-3H3. The number of nitrogens with zero attached hydrogens (tertiary/aromatic N) is 5. The number of hydrogen-bond donors (Lipinski definition) is 0. The summed E-state index contributed by atoms with van der Waals surface area (Å²) in [5.74, 6) is 0.791. The van der Waals surface area contributed by atoms with E-state index in [9.17, 15) is 8.42 Å². The highest BCUT2D eigenvalue weighted by atomic mass is 32.2. The Bertz CT molecular complexity index is 1290. The minimum Gasteiger partial charge on any atom is -0.414 e. The fourth-order valence-corrected chi connectivity index (χ4v) is 5.11. The van der Waals surface area contributed by atoms with Crippen molar-refractivity contribution >= 4 is 21.2 Å². The van der Waals surface area contributed by atoms with Gasteiger partial charge in [-0.05, 0) is 50.2 Å². The lowest BCUT2D eigenvalue weighted by Crippen LogP contribution is -2.21. The molecule has 0 radical (unpaired) electrons. The summed E-state index contributed by atoms with van der Waals surface area (Å²) < 4.78 is 30.7. The van der Waals surface area contributed by atoms with Crippen molar-refractivity contribution in [1.29, 1.82) is 0 Å². The Kier molecular flexibility index (Phi) is 5.94. The lowest BCUT2D eigenvalue weighted by atomic mass is 10.1. The molecule has 8 nitrogen and oxygen atoms in total. The van der Waals surface area contributed by atoms with Crippen molar-refractivity contribution in [3.63, 3.8) is 0 Å². The molecule has 10 heteroatoms. The summed E-state index contributed by atoms with van der Waals surface area (Å²) in [5, 5.41) is 10.2. The van der Waals surface area contributed by atoms with Crippen molar-refractivity contribution in [2.75, 3.05) is 26.4 Å². The summed E-state index contributed by atoms with van der Waals surface area (Å²) in [6, 6.07) is 8.64. The lowest BCUT2D eigenvalue weighted by Gasteiger charge is -2.10. The molecule has 4 aromatic rings. The number of sulfone groups is 1. The molecule has 0 bridgehead atoms. The van der Waals surface area contributed by atoms with Crippen LogP contribution in [0, 0.1) is 6.92 Å². The molecule has 4 rings (SSSR count). The first kappa shape index (κ1) is 21.3. The molecule has 0 atom stereocenters. The van der Waals surface area contributed by atoms with Crippen molar-refractivity contribution in [2.45, 2.75) is 11.8 Å². The predicted molar refractivity (Wildman–Crippen MR) is 119 cm³/mol. The molecule has 160 valence electrons. The van der Waals surface area contributed by atoms with Gasteiger partial charge in [0.15, 0.2) is 9.84 Å². The fourth-order valence-electron chi connectivity index (χ4n) is 2.87. The van der Waals surface area contributed by atoms with Gasteiger partial charge in [-0.25, -0.2) is 13.4 Å². The topological polar surface area (TPSA) is 102 Å². The molecule has 0 aliphatic carbocycles. The second kappa shape index (κ2) is 8.66. The Hall–Kier alpha value is -2.95. The van der Waals surface area contributed by atoms with Crippen LogP contribution in [0.4, 0.5) is 0 Å². The number of rotatable bonds is 7. The molecule has 3 heterocycles. The third kappa shape index (κ3) is 4.71. The number of aryl methyl sites for hydroxylation is 1. The highest BCUT2D eigenvalue weighted by Crippen LogP contribution is 2.30. The second-order valence-corrected chi connectivity index (χ2v) is 10.3. The zero-order valence-corrected chi connectivity index (χ0v) is 18.9. The maximum Gasteiger partial charge on any atom is 0.268 e. The predicted octanol–water partition coefficient (Wildman–Crippen LogP) is 3.57. The van der Waals surface area contributed by atoms with Crippen LogP contribution in [0.15, 0.2) is 57.4 Å². The van der Waals surface area contributed by atoms with Gasteiger partial charge in [-0.3, -0.25) is 4.98 Å². The molecule has 0 aliphatic heterocycles. The van der Waals surface area contributed by atoms with Crippen LogP contribution < -0.4 is 0 Å². The number of thiophene rings is 1. The Labute approximate surface area is 184 Å². The van der Waals surface area contributed by atoms with E-state index >= 15 is 0 Å². The molecule has 0 N–H and O–H groups in total. The number of aromatic nitrogens is 4. The number of benzene rings is 1. The van der Waals surface area contributed by atoms with E-state index in [0.29, 0.717) is 23.8 Å². The van der Waals surface area contributed by atoms with Crippen LogP contribution in [0.1, 0.15) is 5.56 Å². The average molecular weight is 456 g/mol. The maximum absolute atomic E-state index is 12.5. The van der Waals surface area contributed by atoms with E-state index in [0.717, 1.165) is 16.0 Å². The first-order valence-electron chi connectivity index (χ1n) is 9.52.